The fourth-order valence-corrected chi connectivity index (χ4v) is 6.21. The van der Waals surface area contributed by atoms with Gasteiger partial charge in [-0.2, -0.15) is 9.61 Å². The van der Waals surface area contributed by atoms with E-state index in [4.69, 9.17) is 15.1 Å². The summed E-state index contributed by atoms with van der Waals surface area (Å²) in [5.74, 6) is 1.58. The largest absolute Gasteiger partial charge is 0.311 e. The van der Waals surface area contributed by atoms with E-state index in [-0.39, 0.29) is 5.91 Å². The molecule has 182 valence electrons. The van der Waals surface area contributed by atoms with Crippen LogP contribution >= 0.6 is 0 Å². The van der Waals surface area contributed by atoms with Crippen LogP contribution in [0.1, 0.15) is 68.5 Å². The van der Waals surface area contributed by atoms with Crippen LogP contribution in [0.2, 0.25) is 0 Å². The molecule has 0 unspecified atom stereocenters. The first kappa shape index (κ1) is 21.7. The number of carbonyl (C=O) groups is 1. The number of fused-ring (bicyclic) bond motifs is 3. The highest BCUT2D eigenvalue weighted by atomic mass is 16.1. The lowest BCUT2D eigenvalue weighted by molar-refractivity contribution is -0.114. The summed E-state index contributed by atoms with van der Waals surface area (Å²) in [5, 5.41) is 11.6. The number of pyridine rings is 1. The van der Waals surface area contributed by atoms with Gasteiger partial charge in [0.05, 0.1) is 17.6 Å². The summed E-state index contributed by atoms with van der Waals surface area (Å²) < 4.78 is 1.84. The van der Waals surface area contributed by atoms with Crippen LogP contribution in [0.4, 0.5) is 5.82 Å². The van der Waals surface area contributed by atoms with Gasteiger partial charge in [-0.25, -0.2) is 4.98 Å². The van der Waals surface area contributed by atoms with Crippen LogP contribution in [-0.4, -0.2) is 37.6 Å². The SMILES string of the molecule is CC(=O)Nc1c(C2CC2)c([C@H]2C[C@H]3CC[C@@H](C2)N3)nc2c(-c3ccc(-c4ccccc4)nc3)cnn12. The fraction of sp³-hybridized carbons (Fsp3) is 0.379. The van der Waals surface area contributed by atoms with Crippen molar-refractivity contribution in [1.29, 1.82) is 0 Å². The number of carbonyl (C=O) groups excluding carboxylic acids is 1. The Morgan fingerprint density at radius 1 is 0.944 bits per heavy atom. The van der Waals surface area contributed by atoms with Crippen molar-refractivity contribution >= 4 is 17.4 Å². The number of nitrogens with zero attached hydrogens (tertiary/aromatic N) is 4. The summed E-state index contributed by atoms with van der Waals surface area (Å²) >= 11 is 0. The Morgan fingerprint density at radius 3 is 2.39 bits per heavy atom. The second-order valence-electron chi connectivity index (χ2n) is 10.6. The van der Waals surface area contributed by atoms with Gasteiger partial charge in [-0.15, -0.1) is 0 Å². The minimum absolute atomic E-state index is 0.0772. The standard InChI is InChI=1S/C29H30N6O/c1-17(36)32-29-26(19-7-8-19)27(21-13-22-10-11-23(14-21)33-22)34-28-24(16-31-35(28)29)20-9-12-25(30-15-20)18-5-3-2-4-6-18/h2-6,9,12,15-16,19,21-23,33H,7-8,10-11,13-14H2,1H3,(H,32,36)/t21-,22+,23-. The molecule has 7 nitrogen and oxygen atoms in total. The van der Waals surface area contributed by atoms with E-state index in [0.717, 1.165) is 59.5 Å². The van der Waals surface area contributed by atoms with E-state index in [2.05, 4.69) is 28.8 Å². The van der Waals surface area contributed by atoms with E-state index < -0.39 is 0 Å². The number of rotatable bonds is 5. The summed E-state index contributed by atoms with van der Waals surface area (Å²) in [7, 11) is 0. The molecule has 2 aliphatic heterocycles. The Balaban J connectivity index is 1.36. The molecule has 7 heteroatoms. The van der Waals surface area contributed by atoms with Crippen LogP contribution in [0, 0.1) is 0 Å². The number of benzene rings is 1. The van der Waals surface area contributed by atoms with E-state index in [1.54, 1.807) is 6.92 Å². The highest BCUT2D eigenvalue weighted by molar-refractivity contribution is 5.90. The van der Waals surface area contributed by atoms with Gasteiger partial charge < -0.3 is 10.6 Å². The summed E-state index contributed by atoms with van der Waals surface area (Å²) in [6.07, 6.45) is 10.8. The second-order valence-corrected chi connectivity index (χ2v) is 10.6. The predicted octanol–water partition coefficient (Wildman–Crippen LogP) is 5.29. The maximum Gasteiger partial charge on any atom is 0.222 e. The third-order valence-corrected chi connectivity index (χ3v) is 8.00. The van der Waals surface area contributed by atoms with Crippen LogP contribution in [0.15, 0.2) is 54.9 Å². The molecule has 2 saturated heterocycles. The van der Waals surface area contributed by atoms with Gasteiger partial charge >= 0.3 is 0 Å². The molecule has 0 spiro atoms. The van der Waals surface area contributed by atoms with Crippen molar-refractivity contribution in [2.45, 2.75) is 69.4 Å². The first-order valence-corrected chi connectivity index (χ1v) is 13.1. The zero-order valence-corrected chi connectivity index (χ0v) is 20.4. The van der Waals surface area contributed by atoms with Crippen LogP contribution in [0.5, 0.6) is 0 Å². The minimum atomic E-state index is -0.0772. The number of anilines is 1. The molecule has 1 aromatic carbocycles. The highest BCUT2D eigenvalue weighted by Gasteiger charge is 2.40. The molecule has 7 rings (SSSR count). The molecule has 1 aliphatic carbocycles. The van der Waals surface area contributed by atoms with Crippen molar-refractivity contribution in [2.75, 3.05) is 5.32 Å². The molecule has 3 aromatic heterocycles. The maximum atomic E-state index is 12.3. The molecule has 5 heterocycles. The van der Waals surface area contributed by atoms with Gasteiger partial charge in [0.1, 0.15) is 5.82 Å². The van der Waals surface area contributed by atoms with E-state index in [0.29, 0.717) is 23.9 Å². The highest BCUT2D eigenvalue weighted by Crippen LogP contribution is 2.49. The first-order chi connectivity index (χ1) is 17.6. The molecule has 2 N–H and O–H groups in total. The van der Waals surface area contributed by atoms with Crippen molar-refractivity contribution < 1.29 is 4.79 Å². The summed E-state index contributed by atoms with van der Waals surface area (Å²) in [6, 6.07) is 15.5. The van der Waals surface area contributed by atoms with Gasteiger partial charge in [-0.05, 0) is 50.5 Å². The molecule has 1 amide bonds. The number of amides is 1. The Bertz CT molecular complexity index is 1430. The Labute approximate surface area is 210 Å². The topological polar surface area (TPSA) is 84.2 Å². The molecule has 2 bridgehead atoms. The minimum Gasteiger partial charge on any atom is -0.311 e. The van der Waals surface area contributed by atoms with E-state index >= 15 is 0 Å². The van der Waals surface area contributed by atoms with Crippen LogP contribution in [0.25, 0.3) is 28.0 Å². The van der Waals surface area contributed by atoms with Crippen LogP contribution < -0.4 is 10.6 Å². The lowest BCUT2D eigenvalue weighted by atomic mass is 9.86. The molecular formula is C29H30N6O. The predicted molar refractivity (Wildman–Crippen MR) is 140 cm³/mol. The van der Waals surface area contributed by atoms with Crippen LogP contribution in [0.3, 0.4) is 0 Å². The number of piperidine rings is 1. The van der Waals surface area contributed by atoms with Gasteiger partial charge in [0.25, 0.3) is 0 Å². The van der Waals surface area contributed by atoms with E-state index in [1.807, 2.05) is 41.2 Å². The third-order valence-electron chi connectivity index (χ3n) is 8.00. The smallest absolute Gasteiger partial charge is 0.222 e. The van der Waals surface area contributed by atoms with Crippen molar-refractivity contribution in [3.05, 3.63) is 66.1 Å². The van der Waals surface area contributed by atoms with Crippen molar-refractivity contribution in [1.82, 2.24) is 24.9 Å². The summed E-state index contributed by atoms with van der Waals surface area (Å²) in [4.78, 5) is 22.4. The first-order valence-electron chi connectivity index (χ1n) is 13.1. The monoisotopic (exact) mass is 478 g/mol. The van der Waals surface area contributed by atoms with Gasteiger partial charge in [-0.1, -0.05) is 36.4 Å². The van der Waals surface area contributed by atoms with Crippen molar-refractivity contribution in [3.8, 4) is 22.4 Å². The Hall–Kier alpha value is -3.58. The molecule has 4 aromatic rings. The molecule has 1 saturated carbocycles. The maximum absolute atomic E-state index is 12.3. The van der Waals surface area contributed by atoms with Crippen LogP contribution in [-0.2, 0) is 4.79 Å². The Morgan fingerprint density at radius 2 is 1.72 bits per heavy atom. The van der Waals surface area contributed by atoms with Gasteiger partial charge in [0.15, 0.2) is 5.65 Å². The number of hydrogen-bond acceptors (Lipinski definition) is 5. The zero-order chi connectivity index (χ0) is 24.2. The number of hydrogen-bond donors (Lipinski definition) is 2. The molecule has 3 atom stereocenters. The van der Waals surface area contributed by atoms with E-state index in [1.165, 1.54) is 24.1 Å². The fourth-order valence-electron chi connectivity index (χ4n) is 6.21. The Kier molecular flexibility index (Phi) is 5.13. The lowest BCUT2D eigenvalue weighted by Crippen LogP contribution is -2.37. The second kappa shape index (κ2) is 8.52. The van der Waals surface area contributed by atoms with Gasteiger partial charge in [0.2, 0.25) is 5.91 Å². The van der Waals surface area contributed by atoms with Crippen molar-refractivity contribution in [3.63, 3.8) is 0 Å². The molecule has 36 heavy (non-hydrogen) atoms. The summed E-state index contributed by atoms with van der Waals surface area (Å²) in [6.45, 7) is 1.57. The lowest BCUT2D eigenvalue weighted by Gasteiger charge is -2.30. The molecule has 3 aliphatic rings. The number of nitrogens with one attached hydrogen (secondary N) is 2. The van der Waals surface area contributed by atoms with E-state index in [9.17, 15) is 4.79 Å². The average molecular weight is 479 g/mol. The van der Waals surface area contributed by atoms with Gasteiger partial charge in [-0.3, -0.25) is 9.78 Å². The molecule has 3 fully saturated rings. The number of aromatic nitrogens is 4. The molecular weight excluding hydrogens is 448 g/mol. The third kappa shape index (κ3) is 3.78. The molecule has 0 radical (unpaired) electrons. The van der Waals surface area contributed by atoms with Crippen molar-refractivity contribution in [2.24, 2.45) is 0 Å². The zero-order valence-electron chi connectivity index (χ0n) is 20.4. The normalized spacial score (nSPS) is 23.2. The van der Waals surface area contributed by atoms with Gasteiger partial charge in [0, 0.05) is 53.4 Å². The summed E-state index contributed by atoms with van der Waals surface area (Å²) in [5.41, 5.74) is 7.10. The average Bonchev–Trinajstić information content (AvgIpc) is 3.56. The quantitative estimate of drug-likeness (QED) is 0.407.